The summed E-state index contributed by atoms with van der Waals surface area (Å²) in [5, 5.41) is 9.88. The Morgan fingerprint density at radius 1 is 1.14 bits per heavy atom. The maximum atomic E-state index is 12.4. The number of nitrogens with one attached hydrogen (secondary N) is 2. The van der Waals surface area contributed by atoms with Crippen LogP contribution in [-0.4, -0.2) is 30.0 Å². The number of hydrogen-bond donors (Lipinski definition) is 2. The van der Waals surface area contributed by atoms with Crippen molar-refractivity contribution in [2.45, 2.75) is 12.8 Å². The van der Waals surface area contributed by atoms with Crippen LogP contribution in [0, 0.1) is 0 Å². The quantitative estimate of drug-likeness (QED) is 0.600. The summed E-state index contributed by atoms with van der Waals surface area (Å²) >= 11 is 8.88. The van der Waals surface area contributed by atoms with Crippen LogP contribution in [-0.2, 0) is 11.2 Å². The molecule has 2 aromatic heterocycles. The van der Waals surface area contributed by atoms with E-state index in [1.165, 1.54) is 22.7 Å². The molecule has 0 radical (unpaired) electrons. The van der Waals surface area contributed by atoms with Gasteiger partial charge in [-0.2, -0.15) is 0 Å². The molecule has 0 fully saturated rings. The molecular formula is C19H16ClN3O4S2. The lowest BCUT2D eigenvalue weighted by atomic mass is 10.2. The summed E-state index contributed by atoms with van der Waals surface area (Å²) in [6.45, 7) is 1.10. The fraction of sp³-hybridized carbons (Fsp3) is 0.211. The highest BCUT2D eigenvalue weighted by Gasteiger charge is 2.17. The number of hydrogen-bond acceptors (Lipinski definition) is 7. The van der Waals surface area contributed by atoms with Gasteiger partial charge in [0.1, 0.15) is 0 Å². The van der Waals surface area contributed by atoms with E-state index >= 15 is 0 Å². The van der Waals surface area contributed by atoms with Gasteiger partial charge in [-0.1, -0.05) is 17.7 Å². The van der Waals surface area contributed by atoms with E-state index in [1.54, 1.807) is 23.6 Å². The highest BCUT2D eigenvalue weighted by Crippen LogP contribution is 2.37. The Hall–Kier alpha value is -2.62. The van der Waals surface area contributed by atoms with Gasteiger partial charge in [0.15, 0.2) is 16.6 Å². The highest BCUT2D eigenvalue weighted by molar-refractivity contribution is 7.14. The molecule has 29 heavy (non-hydrogen) atoms. The Balaban J connectivity index is 1.38. The normalized spacial score (nSPS) is 12.9. The van der Waals surface area contributed by atoms with Crippen molar-refractivity contribution < 1.29 is 19.1 Å². The van der Waals surface area contributed by atoms with Crippen LogP contribution in [0.25, 0.3) is 0 Å². The lowest BCUT2D eigenvalue weighted by Gasteiger charge is -2.12. The van der Waals surface area contributed by atoms with Crippen molar-refractivity contribution in [1.82, 2.24) is 4.98 Å². The van der Waals surface area contributed by atoms with Crippen LogP contribution < -0.4 is 20.1 Å². The Labute approximate surface area is 179 Å². The van der Waals surface area contributed by atoms with Gasteiger partial charge >= 0.3 is 0 Å². The zero-order valence-electron chi connectivity index (χ0n) is 15.1. The molecule has 3 aromatic rings. The fourth-order valence-corrected chi connectivity index (χ4v) is 4.18. The average molecular weight is 450 g/mol. The molecule has 0 atom stereocenters. The van der Waals surface area contributed by atoms with Gasteiger partial charge in [0.25, 0.3) is 5.91 Å². The van der Waals surface area contributed by atoms with Gasteiger partial charge < -0.3 is 14.8 Å². The second kappa shape index (κ2) is 8.81. The van der Waals surface area contributed by atoms with Crippen molar-refractivity contribution >= 4 is 56.9 Å². The molecule has 3 heterocycles. The van der Waals surface area contributed by atoms with Gasteiger partial charge in [-0.15, -0.1) is 22.7 Å². The molecule has 150 valence electrons. The predicted molar refractivity (Wildman–Crippen MR) is 114 cm³/mol. The molecule has 10 heteroatoms. The first kappa shape index (κ1) is 19.7. The maximum absolute atomic E-state index is 12.4. The van der Waals surface area contributed by atoms with E-state index in [0.29, 0.717) is 51.1 Å². The zero-order chi connectivity index (χ0) is 20.2. The van der Waals surface area contributed by atoms with Crippen LogP contribution in [0.4, 0.5) is 10.8 Å². The number of thiazole rings is 1. The number of aromatic nitrogens is 1. The molecule has 0 bridgehead atoms. The van der Waals surface area contributed by atoms with Crippen LogP contribution in [0.3, 0.4) is 0 Å². The third kappa shape index (κ3) is 4.87. The summed E-state index contributed by atoms with van der Waals surface area (Å²) in [5.74, 6) is 0.623. The van der Waals surface area contributed by atoms with Gasteiger partial charge in [0, 0.05) is 23.9 Å². The van der Waals surface area contributed by atoms with Crippen molar-refractivity contribution in [2.75, 3.05) is 23.8 Å². The molecule has 4 rings (SSSR count). The minimum Gasteiger partial charge on any atom is -0.490 e. The maximum Gasteiger partial charge on any atom is 0.267 e. The van der Waals surface area contributed by atoms with Crippen molar-refractivity contribution in [2.24, 2.45) is 0 Å². The standard InChI is InChI=1S/C19H16ClN3O4S2/c20-12-8-14-15(27-5-2-4-26-14)9-13(12)22-17(24)7-11-10-29-19(21-11)23-18(25)16-3-1-6-28-16/h1,3,6,8-10H,2,4-5,7H2,(H,22,24)(H,21,23,25). The molecule has 0 unspecified atom stereocenters. The Bertz CT molecular complexity index is 1040. The third-order valence-corrected chi connectivity index (χ3v) is 5.96. The zero-order valence-corrected chi connectivity index (χ0v) is 17.5. The van der Waals surface area contributed by atoms with Gasteiger partial charge in [0.05, 0.1) is 40.9 Å². The molecule has 2 N–H and O–H groups in total. The monoisotopic (exact) mass is 449 g/mol. The van der Waals surface area contributed by atoms with Crippen molar-refractivity contribution in [3.8, 4) is 11.5 Å². The van der Waals surface area contributed by atoms with Crippen molar-refractivity contribution in [1.29, 1.82) is 0 Å². The van der Waals surface area contributed by atoms with Crippen molar-refractivity contribution in [3.63, 3.8) is 0 Å². The summed E-state index contributed by atoms with van der Waals surface area (Å²) in [6.07, 6.45) is 0.833. The summed E-state index contributed by atoms with van der Waals surface area (Å²) in [7, 11) is 0. The minimum absolute atomic E-state index is 0.0517. The second-order valence-electron chi connectivity index (χ2n) is 6.13. The Morgan fingerprint density at radius 2 is 1.93 bits per heavy atom. The topological polar surface area (TPSA) is 89.6 Å². The molecule has 7 nitrogen and oxygen atoms in total. The van der Waals surface area contributed by atoms with Crippen molar-refractivity contribution in [3.05, 3.63) is 50.6 Å². The summed E-state index contributed by atoms with van der Waals surface area (Å²) < 4.78 is 11.2. The van der Waals surface area contributed by atoms with Gasteiger partial charge in [0.2, 0.25) is 5.91 Å². The lowest BCUT2D eigenvalue weighted by molar-refractivity contribution is -0.115. The van der Waals surface area contributed by atoms with Gasteiger partial charge in [-0.25, -0.2) is 4.98 Å². The number of halogens is 1. The molecule has 0 saturated heterocycles. The van der Waals surface area contributed by atoms with E-state index in [0.717, 1.165) is 6.42 Å². The number of carbonyl (C=O) groups excluding carboxylic acids is 2. The number of benzene rings is 1. The Kier molecular flexibility index (Phi) is 5.98. The largest absolute Gasteiger partial charge is 0.490 e. The minimum atomic E-state index is -0.275. The molecule has 1 aromatic carbocycles. The third-order valence-electron chi connectivity index (χ3n) is 3.97. The molecule has 0 aliphatic carbocycles. The number of amides is 2. The van der Waals surface area contributed by atoms with Crippen LogP contribution in [0.1, 0.15) is 21.8 Å². The van der Waals surface area contributed by atoms with E-state index in [1.807, 2.05) is 11.4 Å². The van der Waals surface area contributed by atoms with Crippen LogP contribution in [0.15, 0.2) is 35.0 Å². The number of rotatable bonds is 5. The molecular weight excluding hydrogens is 434 g/mol. The summed E-state index contributed by atoms with van der Waals surface area (Å²) in [6, 6.07) is 6.84. The molecule has 0 spiro atoms. The number of carbonyl (C=O) groups is 2. The number of thiophene rings is 1. The van der Waals surface area contributed by atoms with E-state index in [9.17, 15) is 9.59 Å². The first-order valence-corrected chi connectivity index (χ1v) is 10.9. The number of nitrogens with zero attached hydrogens (tertiary/aromatic N) is 1. The van der Waals surface area contributed by atoms with Crippen LogP contribution in [0.2, 0.25) is 5.02 Å². The second-order valence-corrected chi connectivity index (χ2v) is 8.34. The molecule has 1 aliphatic rings. The SMILES string of the molecule is O=C(Cc1csc(NC(=O)c2cccs2)n1)Nc1cc2c(cc1Cl)OCCCO2. The summed E-state index contributed by atoms with van der Waals surface area (Å²) in [4.78, 5) is 29.4. The number of anilines is 2. The van der Waals surface area contributed by atoms with Gasteiger partial charge in [-0.3, -0.25) is 14.9 Å². The number of ether oxygens (including phenoxy) is 2. The fourth-order valence-electron chi connectivity index (χ4n) is 2.65. The molecule has 2 amide bonds. The summed E-state index contributed by atoms with van der Waals surface area (Å²) in [5.41, 5.74) is 1.00. The number of fused-ring (bicyclic) bond motifs is 1. The molecule has 1 aliphatic heterocycles. The van der Waals surface area contributed by atoms with Gasteiger partial charge in [-0.05, 0) is 11.4 Å². The Morgan fingerprint density at radius 3 is 2.69 bits per heavy atom. The lowest BCUT2D eigenvalue weighted by Crippen LogP contribution is -2.15. The first-order chi connectivity index (χ1) is 14.1. The predicted octanol–water partition coefficient (Wildman–Crippen LogP) is 4.45. The average Bonchev–Trinajstić information content (AvgIpc) is 3.32. The van der Waals surface area contributed by atoms with E-state index < -0.39 is 0 Å². The smallest absolute Gasteiger partial charge is 0.267 e. The highest BCUT2D eigenvalue weighted by atomic mass is 35.5. The van der Waals surface area contributed by atoms with Crippen LogP contribution in [0.5, 0.6) is 11.5 Å². The molecule has 0 saturated carbocycles. The van der Waals surface area contributed by atoms with E-state index in [4.69, 9.17) is 21.1 Å². The first-order valence-electron chi connectivity index (χ1n) is 8.77. The van der Waals surface area contributed by atoms with E-state index in [2.05, 4.69) is 15.6 Å². The van der Waals surface area contributed by atoms with Crippen LogP contribution >= 0.6 is 34.3 Å². The van der Waals surface area contributed by atoms with E-state index in [-0.39, 0.29) is 18.2 Å².